The predicted molar refractivity (Wildman–Crippen MR) is 86.7 cm³/mol. The number of nitro groups is 1. The van der Waals surface area contributed by atoms with Gasteiger partial charge >= 0.3 is 0 Å². The molecule has 0 spiro atoms. The first-order chi connectivity index (χ1) is 11.7. The van der Waals surface area contributed by atoms with Crippen LogP contribution in [0.2, 0.25) is 0 Å². The fraction of sp³-hybridized carbons (Fsp3) is 0.533. The molecule has 2 aromatic heterocycles. The standard InChI is InChI=1S/C15H19N7O2/c23-22(24)12-3-4-14(16-9-12)21-7-5-20(6-8-21)10-13-17-15(19-18-13)11-1-2-11/h3-4,9,11H,1-2,5-8,10H2,(H,17,18,19). The van der Waals surface area contributed by atoms with Crippen molar-refractivity contribution in [3.05, 3.63) is 40.1 Å². The van der Waals surface area contributed by atoms with Crippen LogP contribution in [0.5, 0.6) is 0 Å². The fourth-order valence-electron chi connectivity index (χ4n) is 2.93. The van der Waals surface area contributed by atoms with Gasteiger partial charge in [-0.1, -0.05) is 0 Å². The van der Waals surface area contributed by atoms with Crippen molar-refractivity contribution in [1.82, 2.24) is 25.1 Å². The number of aromatic amines is 1. The van der Waals surface area contributed by atoms with Crippen molar-refractivity contribution in [2.75, 3.05) is 31.1 Å². The highest BCUT2D eigenvalue weighted by atomic mass is 16.6. The van der Waals surface area contributed by atoms with Crippen LogP contribution >= 0.6 is 0 Å². The predicted octanol–water partition coefficient (Wildman–Crippen LogP) is 1.31. The molecule has 24 heavy (non-hydrogen) atoms. The number of anilines is 1. The Morgan fingerprint density at radius 3 is 2.67 bits per heavy atom. The molecular weight excluding hydrogens is 310 g/mol. The quantitative estimate of drug-likeness (QED) is 0.651. The Kier molecular flexibility index (Phi) is 3.85. The lowest BCUT2D eigenvalue weighted by Gasteiger charge is -2.34. The molecule has 0 unspecified atom stereocenters. The molecule has 1 saturated carbocycles. The number of pyridine rings is 1. The first-order valence-electron chi connectivity index (χ1n) is 8.18. The lowest BCUT2D eigenvalue weighted by Crippen LogP contribution is -2.46. The third-order valence-corrected chi connectivity index (χ3v) is 4.50. The van der Waals surface area contributed by atoms with E-state index in [9.17, 15) is 10.1 Å². The Bertz CT molecular complexity index is 718. The second-order valence-electron chi connectivity index (χ2n) is 6.31. The molecule has 1 N–H and O–H groups in total. The number of H-pyrrole nitrogens is 1. The second kappa shape index (κ2) is 6.16. The van der Waals surface area contributed by atoms with Crippen LogP contribution < -0.4 is 4.90 Å². The molecule has 126 valence electrons. The zero-order chi connectivity index (χ0) is 16.5. The van der Waals surface area contributed by atoms with Crippen LogP contribution in [-0.4, -0.2) is 56.2 Å². The number of hydrogen-bond donors (Lipinski definition) is 1. The number of rotatable bonds is 5. The minimum Gasteiger partial charge on any atom is -0.354 e. The number of hydrogen-bond acceptors (Lipinski definition) is 7. The molecule has 2 aromatic rings. The van der Waals surface area contributed by atoms with E-state index in [0.29, 0.717) is 5.92 Å². The number of piperazine rings is 1. The van der Waals surface area contributed by atoms with Crippen molar-refractivity contribution in [2.24, 2.45) is 0 Å². The van der Waals surface area contributed by atoms with E-state index in [2.05, 4.69) is 30.0 Å². The Labute approximate surface area is 138 Å². The number of nitrogens with one attached hydrogen (secondary N) is 1. The minimum atomic E-state index is -0.429. The van der Waals surface area contributed by atoms with E-state index in [-0.39, 0.29) is 5.69 Å². The van der Waals surface area contributed by atoms with Crippen LogP contribution in [0, 0.1) is 10.1 Å². The topological polar surface area (TPSA) is 104 Å². The summed E-state index contributed by atoms with van der Waals surface area (Å²) in [5, 5.41) is 18.0. The third kappa shape index (κ3) is 3.21. The molecular formula is C15H19N7O2. The number of aromatic nitrogens is 4. The summed E-state index contributed by atoms with van der Waals surface area (Å²) in [5.41, 5.74) is 0.0224. The highest BCUT2D eigenvalue weighted by Gasteiger charge is 2.28. The van der Waals surface area contributed by atoms with Gasteiger partial charge in [0.2, 0.25) is 0 Å². The van der Waals surface area contributed by atoms with Gasteiger partial charge in [-0.3, -0.25) is 20.1 Å². The largest absolute Gasteiger partial charge is 0.354 e. The molecule has 1 aliphatic carbocycles. The molecule has 0 aromatic carbocycles. The molecule has 0 radical (unpaired) electrons. The smallest absolute Gasteiger partial charge is 0.287 e. The summed E-state index contributed by atoms with van der Waals surface area (Å²) in [4.78, 5) is 23.5. The van der Waals surface area contributed by atoms with Crippen LogP contribution in [0.3, 0.4) is 0 Å². The van der Waals surface area contributed by atoms with Crippen molar-refractivity contribution in [1.29, 1.82) is 0 Å². The minimum absolute atomic E-state index is 0.0224. The average Bonchev–Trinajstić information content (AvgIpc) is 3.36. The van der Waals surface area contributed by atoms with Crippen molar-refractivity contribution in [3.8, 4) is 0 Å². The van der Waals surface area contributed by atoms with Crippen LogP contribution in [-0.2, 0) is 6.54 Å². The van der Waals surface area contributed by atoms with Gasteiger partial charge in [0.15, 0.2) is 5.82 Å². The van der Waals surface area contributed by atoms with E-state index in [1.807, 2.05) is 0 Å². The molecule has 0 bridgehead atoms. The van der Waals surface area contributed by atoms with Gasteiger partial charge in [-0.25, -0.2) is 9.97 Å². The third-order valence-electron chi connectivity index (χ3n) is 4.50. The van der Waals surface area contributed by atoms with E-state index in [1.54, 1.807) is 6.07 Å². The lowest BCUT2D eigenvalue weighted by atomic mass is 10.3. The summed E-state index contributed by atoms with van der Waals surface area (Å²) in [5.74, 6) is 3.24. The molecule has 2 fully saturated rings. The van der Waals surface area contributed by atoms with Crippen LogP contribution in [0.15, 0.2) is 18.3 Å². The summed E-state index contributed by atoms with van der Waals surface area (Å²) in [7, 11) is 0. The highest BCUT2D eigenvalue weighted by molar-refractivity contribution is 5.43. The zero-order valence-electron chi connectivity index (χ0n) is 13.3. The van der Waals surface area contributed by atoms with Gasteiger partial charge in [-0.05, 0) is 18.9 Å². The van der Waals surface area contributed by atoms with E-state index >= 15 is 0 Å². The maximum Gasteiger partial charge on any atom is 0.287 e. The normalized spacial score (nSPS) is 18.8. The molecule has 1 saturated heterocycles. The van der Waals surface area contributed by atoms with Gasteiger partial charge < -0.3 is 4.90 Å². The zero-order valence-corrected chi connectivity index (χ0v) is 13.3. The first-order valence-corrected chi connectivity index (χ1v) is 8.18. The molecule has 3 heterocycles. The summed E-state index contributed by atoms with van der Waals surface area (Å²) < 4.78 is 0. The lowest BCUT2D eigenvalue weighted by molar-refractivity contribution is -0.385. The summed E-state index contributed by atoms with van der Waals surface area (Å²) >= 11 is 0. The van der Waals surface area contributed by atoms with Crippen molar-refractivity contribution >= 4 is 11.5 Å². The summed E-state index contributed by atoms with van der Waals surface area (Å²) in [6.07, 6.45) is 3.73. The van der Waals surface area contributed by atoms with Crippen molar-refractivity contribution < 1.29 is 4.92 Å². The van der Waals surface area contributed by atoms with Crippen LogP contribution in [0.1, 0.15) is 30.4 Å². The Morgan fingerprint density at radius 2 is 2.04 bits per heavy atom. The first kappa shape index (κ1) is 15.0. The van der Waals surface area contributed by atoms with Crippen molar-refractivity contribution in [3.63, 3.8) is 0 Å². The van der Waals surface area contributed by atoms with Crippen LogP contribution in [0.4, 0.5) is 11.5 Å². The summed E-state index contributed by atoms with van der Waals surface area (Å²) in [6, 6.07) is 3.22. The van der Waals surface area contributed by atoms with Gasteiger partial charge in [0, 0.05) is 38.2 Å². The van der Waals surface area contributed by atoms with Gasteiger partial charge in [-0.15, -0.1) is 0 Å². The molecule has 4 rings (SSSR count). The molecule has 9 nitrogen and oxygen atoms in total. The van der Waals surface area contributed by atoms with Crippen LogP contribution in [0.25, 0.3) is 0 Å². The Morgan fingerprint density at radius 1 is 1.25 bits per heavy atom. The van der Waals surface area contributed by atoms with E-state index in [4.69, 9.17) is 0 Å². The van der Waals surface area contributed by atoms with E-state index < -0.39 is 4.92 Å². The Balaban J connectivity index is 1.31. The average molecular weight is 329 g/mol. The molecule has 0 atom stereocenters. The Hall–Kier alpha value is -2.55. The molecule has 2 aliphatic rings. The molecule has 1 aliphatic heterocycles. The van der Waals surface area contributed by atoms with Gasteiger partial charge in [0.25, 0.3) is 5.69 Å². The van der Waals surface area contributed by atoms with Gasteiger partial charge in [0.05, 0.1) is 11.5 Å². The van der Waals surface area contributed by atoms with Gasteiger partial charge in [0.1, 0.15) is 17.8 Å². The monoisotopic (exact) mass is 329 g/mol. The maximum atomic E-state index is 10.7. The molecule has 9 heteroatoms. The maximum absolute atomic E-state index is 10.7. The molecule has 0 amide bonds. The van der Waals surface area contributed by atoms with Crippen molar-refractivity contribution in [2.45, 2.75) is 25.3 Å². The second-order valence-corrected chi connectivity index (χ2v) is 6.31. The van der Waals surface area contributed by atoms with E-state index in [0.717, 1.165) is 50.2 Å². The number of nitrogens with zero attached hydrogens (tertiary/aromatic N) is 6. The van der Waals surface area contributed by atoms with E-state index in [1.165, 1.54) is 25.1 Å². The fourth-order valence-corrected chi connectivity index (χ4v) is 2.93. The van der Waals surface area contributed by atoms with Gasteiger partial charge in [-0.2, -0.15) is 5.10 Å². The highest BCUT2D eigenvalue weighted by Crippen LogP contribution is 2.37. The summed E-state index contributed by atoms with van der Waals surface area (Å²) in [6.45, 7) is 4.26. The SMILES string of the molecule is O=[N+]([O-])c1ccc(N2CCN(Cc3nc(C4CC4)n[nH]3)CC2)nc1.